The average molecular weight is 177 g/mol. The lowest BCUT2D eigenvalue weighted by atomic mass is 10.2. The maximum Gasteiger partial charge on any atom is 0.191 e. The summed E-state index contributed by atoms with van der Waals surface area (Å²) in [6, 6.07) is -0.0301. The summed E-state index contributed by atoms with van der Waals surface area (Å²) in [4.78, 5) is 4.12. The first-order valence-electron chi connectivity index (χ1n) is 3.30. The van der Waals surface area contributed by atoms with Crippen LogP contribution in [0.25, 0.3) is 0 Å². The molecule has 1 aromatic rings. The van der Waals surface area contributed by atoms with E-state index in [9.17, 15) is 0 Å². The summed E-state index contributed by atoms with van der Waals surface area (Å²) >= 11 is 0. The largest absolute Gasteiger partial charge is 0.446 e. The van der Waals surface area contributed by atoms with Gasteiger partial charge in [-0.3, -0.25) is 0 Å². The molecule has 0 aliphatic heterocycles. The van der Waals surface area contributed by atoms with Crippen LogP contribution in [0.5, 0.6) is 0 Å². The van der Waals surface area contributed by atoms with Crippen molar-refractivity contribution >= 4 is 12.4 Å². The summed E-state index contributed by atoms with van der Waals surface area (Å²) in [7, 11) is 0. The lowest BCUT2D eigenvalue weighted by molar-refractivity contribution is 0.491. The van der Waals surface area contributed by atoms with Crippen molar-refractivity contribution in [3.8, 4) is 0 Å². The van der Waals surface area contributed by atoms with E-state index in [-0.39, 0.29) is 18.4 Å². The van der Waals surface area contributed by atoms with Gasteiger partial charge in [0, 0.05) is 13.0 Å². The molecule has 3 nitrogen and oxygen atoms in total. The Labute approximate surface area is 72.4 Å². The van der Waals surface area contributed by atoms with Crippen molar-refractivity contribution in [2.45, 2.75) is 26.8 Å². The minimum absolute atomic E-state index is 0. The maximum atomic E-state index is 5.61. The van der Waals surface area contributed by atoms with E-state index in [4.69, 9.17) is 10.2 Å². The molecular formula is C7H13ClN2O. The van der Waals surface area contributed by atoms with Crippen molar-refractivity contribution in [2.75, 3.05) is 0 Å². The fourth-order valence-corrected chi connectivity index (χ4v) is 0.967. The molecule has 0 spiro atoms. The average Bonchev–Trinajstić information content (AvgIpc) is 2.10. The molecule has 0 amide bonds. The van der Waals surface area contributed by atoms with Crippen molar-refractivity contribution in [3.63, 3.8) is 0 Å². The Kier molecular flexibility index (Phi) is 3.55. The molecule has 0 aliphatic rings. The molecule has 0 aliphatic carbocycles. The summed E-state index contributed by atoms with van der Waals surface area (Å²) < 4.78 is 5.18. The normalized spacial score (nSPS) is 12.4. The highest BCUT2D eigenvalue weighted by molar-refractivity contribution is 5.85. The van der Waals surface area contributed by atoms with E-state index in [1.54, 1.807) is 0 Å². The van der Waals surface area contributed by atoms with Crippen LogP contribution in [-0.2, 0) is 0 Å². The van der Waals surface area contributed by atoms with Gasteiger partial charge >= 0.3 is 0 Å². The fourth-order valence-electron chi connectivity index (χ4n) is 0.967. The summed E-state index contributed by atoms with van der Waals surface area (Å²) in [5.41, 5.74) is 6.46. The Bertz CT molecular complexity index is 232. The Hall–Kier alpha value is -0.540. The zero-order valence-electron chi connectivity index (χ0n) is 6.92. The molecule has 0 radical (unpaired) electrons. The highest BCUT2D eigenvalue weighted by Gasteiger charge is 2.09. The predicted octanol–water partition coefficient (Wildman–Crippen LogP) is 1.73. The molecule has 1 atom stereocenters. The van der Waals surface area contributed by atoms with Gasteiger partial charge in [-0.2, -0.15) is 0 Å². The third kappa shape index (κ3) is 2.20. The molecule has 1 aromatic heterocycles. The second kappa shape index (κ2) is 3.74. The highest BCUT2D eigenvalue weighted by Crippen LogP contribution is 2.14. The zero-order valence-corrected chi connectivity index (χ0v) is 7.73. The zero-order chi connectivity index (χ0) is 7.72. The molecule has 4 heteroatoms. The SMILES string of the molecule is Cc1nc(C(C)N)c(C)o1.Cl. The van der Waals surface area contributed by atoms with Crippen molar-refractivity contribution in [1.29, 1.82) is 0 Å². The van der Waals surface area contributed by atoms with Crippen molar-refractivity contribution in [3.05, 3.63) is 17.3 Å². The molecule has 0 aromatic carbocycles. The Morgan fingerprint density at radius 3 is 2.18 bits per heavy atom. The van der Waals surface area contributed by atoms with E-state index in [0.29, 0.717) is 5.89 Å². The van der Waals surface area contributed by atoms with Gasteiger partial charge < -0.3 is 10.2 Å². The van der Waals surface area contributed by atoms with Crippen LogP contribution in [-0.4, -0.2) is 4.98 Å². The summed E-state index contributed by atoms with van der Waals surface area (Å²) in [6.45, 7) is 5.59. The van der Waals surface area contributed by atoms with Gasteiger partial charge in [0.1, 0.15) is 5.76 Å². The standard InChI is InChI=1S/C7H12N2O.ClH/c1-4(8)7-5(2)10-6(3)9-7;/h4H,8H2,1-3H3;1H. The number of hydrogen-bond acceptors (Lipinski definition) is 3. The fraction of sp³-hybridized carbons (Fsp3) is 0.571. The molecule has 1 unspecified atom stereocenters. The van der Waals surface area contributed by atoms with Crippen molar-refractivity contribution in [2.24, 2.45) is 5.73 Å². The quantitative estimate of drug-likeness (QED) is 0.709. The van der Waals surface area contributed by atoms with Crippen LogP contribution in [0.2, 0.25) is 0 Å². The monoisotopic (exact) mass is 176 g/mol. The van der Waals surface area contributed by atoms with Crippen molar-refractivity contribution < 1.29 is 4.42 Å². The number of aromatic nitrogens is 1. The van der Waals surface area contributed by atoms with E-state index >= 15 is 0 Å². The maximum absolute atomic E-state index is 5.61. The van der Waals surface area contributed by atoms with Gasteiger partial charge in [-0.05, 0) is 13.8 Å². The molecule has 0 fully saturated rings. The van der Waals surface area contributed by atoms with Crippen LogP contribution in [0, 0.1) is 13.8 Å². The van der Waals surface area contributed by atoms with E-state index in [2.05, 4.69) is 4.98 Å². The van der Waals surface area contributed by atoms with E-state index in [1.807, 2.05) is 20.8 Å². The van der Waals surface area contributed by atoms with Crippen LogP contribution in [0.15, 0.2) is 4.42 Å². The summed E-state index contributed by atoms with van der Waals surface area (Å²) in [5.74, 6) is 1.51. The predicted molar refractivity (Wildman–Crippen MR) is 45.8 cm³/mol. The van der Waals surface area contributed by atoms with Gasteiger partial charge in [0.25, 0.3) is 0 Å². The van der Waals surface area contributed by atoms with Crippen LogP contribution in [0.4, 0.5) is 0 Å². The number of halogens is 1. The van der Waals surface area contributed by atoms with Gasteiger partial charge in [0.15, 0.2) is 5.89 Å². The van der Waals surface area contributed by atoms with Gasteiger partial charge in [-0.25, -0.2) is 4.98 Å². The second-order valence-electron chi connectivity index (χ2n) is 2.46. The first-order valence-corrected chi connectivity index (χ1v) is 3.30. The molecule has 1 rings (SSSR count). The molecule has 1 heterocycles. The molecule has 2 N–H and O–H groups in total. The van der Waals surface area contributed by atoms with Gasteiger partial charge in [0.2, 0.25) is 0 Å². The Morgan fingerprint density at radius 1 is 1.45 bits per heavy atom. The number of oxazole rings is 1. The first-order chi connectivity index (χ1) is 4.61. The van der Waals surface area contributed by atoms with Gasteiger partial charge in [-0.15, -0.1) is 12.4 Å². The molecular weight excluding hydrogens is 164 g/mol. The number of nitrogens with two attached hydrogens (primary N) is 1. The molecule has 0 saturated carbocycles. The minimum atomic E-state index is -0.0301. The lowest BCUT2D eigenvalue weighted by Gasteiger charge is -1.97. The van der Waals surface area contributed by atoms with Crippen LogP contribution in [0.1, 0.15) is 30.3 Å². The smallest absolute Gasteiger partial charge is 0.191 e. The molecule has 0 saturated heterocycles. The van der Waals surface area contributed by atoms with Crippen LogP contribution >= 0.6 is 12.4 Å². The summed E-state index contributed by atoms with van der Waals surface area (Å²) in [5, 5.41) is 0. The highest BCUT2D eigenvalue weighted by atomic mass is 35.5. The number of nitrogens with zero attached hydrogens (tertiary/aromatic N) is 1. The first kappa shape index (κ1) is 10.5. The molecule has 0 bridgehead atoms. The van der Waals surface area contributed by atoms with Crippen LogP contribution in [0.3, 0.4) is 0 Å². The Morgan fingerprint density at radius 2 is 2.00 bits per heavy atom. The third-order valence-corrected chi connectivity index (χ3v) is 1.37. The third-order valence-electron chi connectivity index (χ3n) is 1.37. The number of aryl methyl sites for hydroxylation is 2. The Balaban J connectivity index is 0.000001000. The molecule has 64 valence electrons. The minimum Gasteiger partial charge on any atom is -0.446 e. The van der Waals surface area contributed by atoms with E-state index in [0.717, 1.165) is 11.5 Å². The van der Waals surface area contributed by atoms with E-state index in [1.165, 1.54) is 0 Å². The topological polar surface area (TPSA) is 52.0 Å². The summed E-state index contributed by atoms with van der Waals surface area (Å²) in [6.07, 6.45) is 0. The lowest BCUT2D eigenvalue weighted by Crippen LogP contribution is -2.06. The molecule has 11 heavy (non-hydrogen) atoms. The van der Waals surface area contributed by atoms with E-state index < -0.39 is 0 Å². The van der Waals surface area contributed by atoms with Gasteiger partial charge in [-0.1, -0.05) is 0 Å². The number of rotatable bonds is 1. The van der Waals surface area contributed by atoms with Gasteiger partial charge in [0.05, 0.1) is 5.69 Å². The second-order valence-corrected chi connectivity index (χ2v) is 2.46. The van der Waals surface area contributed by atoms with Crippen molar-refractivity contribution in [1.82, 2.24) is 4.98 Å². The van der Waals surface area contributed by atoms with Crippen LogP contribution < -0.4 is 5.73 Å². The number of hydrogen-bond donors (Lipinski definition) is 1.